The van der Waals surface area contributed by atoms with Crippen LogP contribution in [0.25, 0.3) is 0 Å². The van der Waals surface area contributed by atoms with Crippen LogP contribution < -0.4 is 10.8 Å². The molecule has 1 heterocycles. The third-order valence-electron chi connectivity index (χ3n) is 2.39. The summed E-state index contributed by atoms with van der Waals surface area (Å²) in [6, 6.07) is 5.82. The van der Waals surface area contributed by atoms with E-state index in [1.54, 1.807) is 7.48 Å². The van der Waals surface area contributed by atoms with E-state index in [0.29, 0.717) is 6.61 Å². The fourth-order valence-corrected chi connectivity index (χ4v) is 1.42. The second-order valence-corrected chi connectivity index (χ2v) is 3.99. The highest BCUT2D eigenvalue weighted by Gasteiger charge is 2.07. The van der Waals surface area contributed by atoms with Gasteiger partial charge in [-0.1, -0.05) is 31.5 Å². The van der Waals surface area contributed by atoms with Gasteiger partial charge < -0.3 is 9.97 Å². The van der Waals surface area contributed by atoms with Crippen molar-refractivity contribution in [1.82, 2.24) is 0 Å². The summed E-state index contributed by atoms with van der Waals surface area (Å²) in [6.45, 7) is 4.38. The van der Waals surface area contributed by atoms with E-state index >= 15 is 0 Å². The number of carbonyl (C=O) groups is 1. The molecule has 2 radical (unpaired) electrons. The van der Waals surface area contributed by atoms with Crippen LogP contribution in [-0.4, -0.2) is 13.4 Å². The molecule has 0 saturated carbocycles. The standard InChI is InChI=1S/C11H13BNO2/c1-7(2)11(14)13-9-4-3-8-6-15-12-10(8)5-9/h3-5,7H,6H2,1-2H3,(H,13,14)/q-1. The lowest BCUT2D eigenvalue weighted by Gasteiger charge is -2.12. The fourth-order valence-electron chi connectivity index (χ4n) is 1.42. The van der Waals surface area contributed by atoms with Crippen molar-refractivity contribution < 1.29 is 9.45 Å². The molecule has 1 aliphatic heterocycles. The number of hydrogen-bond acceptors (Lipinski definition) is 2. The summed E-state index contributed by atoms with van der Waals surface area (Å²) < 4.78 is 5.18. The Kier molecular flexibility index (Phi) is 2.78. The quantitative estimate of drug-likeness (QED) is 0.728. The molecule has 15 heavy (non-hydrogen) atoms. The van der Waals surface area contributed by atoms with Crippen LogP contribution in [0.15, 0.2) is 18.2 Å². The lowest BCUT2D eigenvalue weighted by molar-refractivity contribution is -0.118. The van der Waals surface area contributed by atoms with Gasteiger partial charge in [-0.05, 0) is 6.07 Å². The lowest BCUT2D eigenvalue weighted by atomic mass is 9.87. The van der Waals surface area contributed by atoms with E-state index < -0.39 is 0 Å². The molecule has 1 aromatic rings. The molecule has 1 amide bonds. The normalized spacial score (nSPS) is 14.1. The molecule has 1 aliphatic rings. The average Bonchev–Trinajstić information content (AvgIpc) is 2.64. The number of benzene rings is 1. The molecule has 3 nitrogen and oxygen atoms in total. The van der Waals surface area contributed by atoms with Crippen LogP contribution in [0.2, 0.25) is 0 Å². The summed E-state index contributed by atoms with van der Waals surface area (Å²) >= 11 is 0. The summed E-state index contributed by atoms with van der Waals surface area (Å²) in [5.41, 5.74) is 3.04. The minimum Gasteiger partial charge on any atom is -0.652 e. The number of nitrogens with one attached hydrogen (secondary N) is 1. The Morgan fingerprint density at radius 3 is 3.07 bits per heavy atom. The van der Waals surface area contributed by atoms with Crippen LogP contribution in [0.1, 0.15) is 19.4 Å². The first-order valence-corrected chi connectivity index (χ1v) is 5.05. The molecule has 0 atom stereocenters. The van der Waals surface area contributed by atoms with E-state index in [1.165, 1.54) is 0 Å². The number of fused-ring (bicyclic) bond motifs is 1. The van der Waals surface area contributed by atoms with Crippen molar-refractivity contribution in [2.45, 2.75) is 20.5 Å². The average molecular weight is 202 g/mol. The maximum Gasteiger partial charge on any atom is 0.226 e. The van der Waals surface area contributed by atoms with E-state index in [0.717, 1.165) is 16.7 Å². The Morgan fingerprint density at radius 1 is 1.53 bits per heavy atom. The molecule has 0 bridgehead atoms. The van der Waals surface area contributed by atoms with Crippen LogP contribution in [0.4, 0.5) is 5.69 Å². The second-order valence-electron chi connectivity index (χ2n) is 3.99. The highest BCUT2D eigenvalue weighted by Crippen LogP contribution is 2.12. The Bertz CT molecular complexity index is 390. The number of hydrogen-bond donors (Lipinski definition) is 1. The minimum atomic E-state index is -0.00140. The SMILES string of the molecule is CC(C)C(=O)Nc1ccc2c(c1)[B-]OC2. The molecule has 0 saturated heterocycles. The smallest absolute Gasteiger partial charge is 0.226 e. The molecular weight excluding hydrogens is 189 g/mol. The summed E-state index contributed by atoms with van der Waals surface area (Å²) in [7, 11) is 1.72. The highest BCUT2D eigenvalue weighted by atomic mass is 16.4. The summed E-state index contributed by atoms with van der Waals surface area (Å²) in [6.07, 6.45) is 0. The van der Waals surface area contributed by atoms with Crippen LogP contribution in [0.5, 0.6) is 0 Å². The van der Waals surface area contributed by atoms with E-state index in [-0.39, 0.29) is 11.8 Å². The Morgan fingerprint density at radius 2 is 2.33 bits per heavy atom. The maximum atomic E-state index is 11.5. The monoisotopic (exact) mass is 202 g/mol. The number of amides is 1. The second kappa shape index (κ2) is 4.07. The predicted octanol–water partition coefficient (Wildman–Crippen LogP) is 1.06. The molecule has 1 aromatic carbocycles. The molecular formula is C11H13BNO2-. The van der Waals surface area contributed by atoms with Gasteiger partial charge in [0.2, 0.25) is 5.91 Å². The van der Waals surface area contributed by atoms with Crippen LogP contribution in [0, 0.1) is 5.92 Å². The molecule has 1 N–H and O–H groups in total. The molecule has 0 fully saturated rings. The van der Waals surface area contributed by atoms with Gasteiger partial charge in [0.1, 0.15) is 0 Å². The van der Waals surface area contributed by atoms with Gasteiger partial charge >= 0.3 is 0 Å². The number of anilines is 1. The van der Waals surface area contributed by atoms with E-state index in [9.17, 15) is 4.79 Å². The zero-order chi connectivity index (χ0) is 10.8. The van der Waals surface area contributed by atoms with E-state index in [4.69, 9.17) is 4.65 Å². The predicted molar refractivity (Wildman–Crippen MR) is 60.1 cm³/mol. The van der Waals surface area contributed by atoms with Crippen molar-refractivity contribution >= 4 is 24.5 Å². The van der Waals surface area contributed by atoms with E-state index in [1.807, 2.05) is 32.0 Å². The Balaban J connectivity index is 2.13. The number of carbonyl (C=O) groups excluding carboxylic acids is 1. The van der Waals surface area contributed by atoms with Crippen molar-refractivity contribution in [2.75, 3.05) is 5.32 Å². The van der Waals surface area contributed by atoms with Gasteiger partial charge in [-0.25, -0.2) is 5.46 Å². The molecule has 0 unspecified atom stereocenters. The van der Waals surface area contributed by atoms with Gasteiger partial charge in [0.15, 0.2) is 0 Å². The van der Waals surface area contributed by atoms with Gasteiger partial charge in [-0.15, -0.1) is 7.48 Å². The van der Waals surface area contributed by atoms with Gasteiger partial charge in [0, 0.05) is 18.2 Å². The zero-order valence-electron chi connectivity index (χ0n) is 8.91. The van der Waals surface area contributed by atoms with Crippen LogP contribution >= 0.6 is 0 Å². The molecule has 0 aromatic heterocycles. The maximum absolute atomic E-state index is 11.5. The lowest BCUT2D eigenvalue weighted by Crippen LogP contribution is -2.20. The summed E-state index contributed by atoms with van der Waals surface area (Å²) in [5.74, 6) is 0.0346. The Hall–Kier alpha value is -1.29. The topological polar surface area (TPSA) is 38.3 Å². The van der Waals surface area contributed by atoms with Gasteiger partial charge in [0.25, 0.3) is 0 Å². The molecule has 0 spiro atoms. The van der Waals surface area contributed by atoms with Crippen molar-refractivity contribution in [3.63, 3.8) is 0 Å². The van der Waals surface area contributed by atoms with Crippen molar-refractivity contribution in [3.05, 3.63) is 23.8 Å². The van der Waals surface area contributed by atoms with Crippen LogP contribution in [-0.2, 0) is 16.1 Å². The van der Waals surface area contributed by atoms with Crippen LogP contribution in [0.3, 0.4) is 0 Å². The Labute approximate surface area is 90.1 Å². The molecule has 4 heteroatoms. The van der Waals surface area contributed by atoms with Crippen molar-refractivity contribution in [2.24, 2.45) is 5.92 Å². The first kappa shape index (κ1) is 10.2. The van der Waals surface area contributed by atoms with Crippen molar-refractivity contribution in [1.29, 1.82) is 0 Å². The van der Waals surface area contributed by atoms with Gasteiger partial charge in [0.05, 0.1) is 0 Å². The third-order valence-corrected chi connectivity index (χ3v) is 2.39. The minimum absolute atomic E-state index is 0.00140. The van der Waals surface area contributed by atoms with Gasteiger partial charge in [-0.3, -0.25) is 4.79 Å². The van der Waals surface area contributed by atoms with E-state index in [2.05, 4.69) is 5.32 Å². The molecule has 78 valence electrons. The summed E-state index contributed by atoms with van der Waals surface area (Å²) in [5, 5.41) is 2.86. The fraction of sp³-hybridized carbons (Fsp3) is 0.364. The first-order chi connectivity index (χ1) is 7.16. The summed E-state index contributed by atoms with van der Waals surface area (Å²) in [4.78, 5) is 11.5. The third kappa shape index (κ3) is 2.21. The van der Waals surface area contributed by atoms with Crippen molar-refractivity contribution in [3.8, 4) is 0 Å². The molecule has 2 rings (SSSR count). The highest BCUT2D eigenvalue weighted by molar-refractivity contribution is 6.49. The first-order valence-electron chi connectivity index (χ1n) is 5.05. The van der Waals surface area contributed by atoms with Gasteiger partial charge in [-0.2, -0.15) is 0 Å². The number of rotatable bonds is 2. The largest absolute Gasteiger partial charge is 0.652 e. The molecule has 0 aliphatic carbocycles. The zero-order valence-corrected chi connectivity index (χ0v) is 8.91.